The third-order valence-corrected chi connectivity index (χ3v) is 4.71. The maximum Gasteiger partial charge on any atom is 0.243 e. The Morgan fingerprint density at radius 2 is 2.05 bits per heavy atom. The summed E-state index contributed by atoms with van der Waals surface area (Å²) in [6.07, 6.45) is 2.29. The Morgan fingerprint density at radius 1 is 1.33 bits per heavy atom. The van der Waals surface area contributed by atoms with Crippen molar-refractivity contribution in [2.24, 2.45) is 11.7 Å². The van der Waals surface area contributed by atoms with Gasteiger partial charge in [-0.2, -0.15) is 0 Å². The monoisotopic (exact) mass is 320 g/mol. The summed E-state index contributed by atoms with van der Waals surface area (Å²) in [5, 5.41) is 0. The molecule has 1 fully saturated rings. The van der Waals surface area contributed by atoms with E-state index in [2.05, 4.69) is 4.72 Å². The van der Waals surface area contributed by atoms with Crippen LogP contribution in [-0.2, 0) is 21.3 Å². The molecule has 0 bridgehead atoms. The van der Waals surface area contributed by atoms with Crippen molar-refractivity contribution in [3.63, 3.8) is 0 Å². The van der Waals surface area contributed by atoms with E-state index in [0.29, 0.717) is 12.5 Å². The van der Waals surface area contributed by atoms with E-state index in [1.165, 1.54) is 0 Å². The van der Waals surface area contributed by atoms with E-state index in [4.69, 9.17) is 10.5 Å². The van der Waals surface area contributed by atoms with Gasteiger partial charge in [0.1, 0.15) is 10.7 Å². The predicted molar refractivity (Wildman–Crippen MR) is 73.0 cm³/mol. The van der Waals surface area contributed by atoms with E-state index in [1.54, 1.807) is 0 Å². The van der Waals surface area contributed by atoms with Crippen molar-refractivity contribution in [1.82, 2.24) is 4.72 Å². The van der Waals surface area contributed by atoms with Crippen LogP contribution < -0.4 is 10.5 Å². The molecular formula is C13H18F2N2O3S. The van der Waals surface area contributed by atoms with Crippen LogP contribution >= 0.6 is 0 Å². The minimum Gasteiger partial charge on any atom is -0.380 e. The van der Waals surface area contributed by atoms with E-state index in [9.17, 15) is 17.2 Å². The van der Waals surface area contributed by atoms with Gasteiger partial charge in [-0.1, -0.05) is 0 Å². The number of nitrogens with one attached hydrogen (secondary N) is 1. The van der Waals surface area contributed by atoms with Gasteiger partial charge in [0.25, 0.3) is 0 Å². The van der Waals surface area contributed by atoms with Gasteiger partial charge < -0.3 is 10.5 Å². The molecule has 1 saturated carbocycles. The van der Waals surface area contributed by atoms with Crippen LogP contribution in [0.4, 0.5) is 8.78 Å². The number of hydrogen-bond acceptors (Lipinski definition) is 4. The van der Waals surface area contributed by atoms with Crippen molar-refractivity contribution in [1.29, 1.82) is 0 Å². The van der Waals surface area contributed by atoms with E-state index >= 15 is 0 Å². The van der Waals surface area contributed by atoms with E-state index < -0.39 is 38.7 Å². The summed E-state index contributed by atoms with van der Waals surface area (Å²) < 4.78 is 58.7. The van der Waals surface area contributed by atoms with Gasteiger partial charge in [0.05, 0.1) is 6.61 Å². The Morgan fingerprint density at radius 3 is 2.67 bits per heavy atom. The molecule has 118 valence electrons. The summed E-state index contributed by atoms with van der Waals surface area (Å²) in [5.74, 6) is -1.42. The molecule has 21 heavy (non-hydrogen) atoms. The van der Waals surface area contributed by atoms with Gasteiger partial charge in [-0.25, -0.2) is 21.9 Å². The second-order valence-electron chi connectivity index (χ2n) is 4.96. The SMILES string of the molecule is NCc1c(F)ccc(S(=O)(=O)NCCOCC2CC2)c1F. The van der Waals surface area contributed by atoms with Crippen LogP contribution in [0.3, 0.4) is 0 Å². The number of nitrogens with two attached hydrogens (primary N) is 1. The van der Waals surface area contributed by atoms with Crippen LogP contribution in [0, 0.1) is 17.6 Å². The number of sulfonamides is 1. The first kappa shape index (κ1) is 16.3. The molecule has 0 spiro atoms. The van der Waals surface area contributed by atoms with E-state index in [-0.39, 0.29) is 13.2 Å². The van der Waals surface area contributed by atoms with Gasteiger partial charge in [-0.05, 0) is 30.9 Å². The minimum atomic E-state index is -4.05. The molecule has 1 aromatic carbocycles. The van der Waals surface area contributed by atoms with Gasteiger partial charge in [0, 0.05) is 25.3 Å². The smallest absolute Gasteiger partial charge is 0.243 e. The molecule has 0 unspecified atom stereocenters. The molecule has 1 aliphatic carbocycles. The average Bonchev–Trinajstić information content (AvgIpc) is 3.22. The molecule has 1 aromatic rings. The predicted octanol–water partition coefficient (Wildman–Crippen LogP) is 1.13. The number of benzene rings is 1. The van der Waals surface area contributed by atoms with Gasteiger partial charge >= 0.3 is 0 Å². The zero-order chi connectivity index (χ0) is 15.5. The summed E-state index contributed by atoms with van der Waals surface area (Å²) in [5.41, 5.74) is 4.78. The topological polar surface area (TPSA) is 81.4 Å². The molecule has 2 rings (SSSR count). The lowest BCUT2D eigenvalue weighted by Gasteiger charge is -2.10. The fourth-order valence-corrected chi connectivity index (χ4v) is 2.95. The molecule has 0 heterocycles. The molecule has 0 aliphatic heterocycles. The summed E-state index contributed by atoms with van der Waals surface area (Å²) >= 11 is 0. The number of halogens is 2. The van der Waals surface area contributed by atoms with Gasteiger partial charge in [-0.15, -0.1) is 0 Å². The first-order valence-electron chi connectivity index (χ1n) is 6.70. The summed E-state index contributed by atoms with van der Waals surface area (Å²) in [6.45, 7) is 0.446. The summed E-state index contributed by atoms with van der Waals surface area (Å²) in [6, 6.07) is 1.78. The van der Waals surface area contributed by atoms with Gasteiger partial charge in [0.15, 0.2) is 5.82 Å². The van der Waals surface area contributed by atoms with Gasteiger partial charge in [0.2, 0.25) is 10.0 Å². The zero-order valence-corrected chi connectivity index (χ0v) is 12.3. The van der Waals surface area contributed by atoms with Gasteiger partial charge in [-0.3, -0.25) is 0 Å². The van der Waals surface area contributed by atoms with Crippen LogP contribution in [0.15, 0.2) is 17.0 Å². The third-order valence-electron chi connectivity index (χ3n) is 3.23. The lowest BCUT2D eigenvalue weighted by Crippen LogP contribution is -2.29. The molecule has 8 heteroatoms. The number of hydrogen-bond donors (Lipinski definition) is 2. The van der Waals surface area contributed by atoms with Crippen molar-refractivity contribution >= 4 is 10.0 Å². The Hall–Kier alpha value is -1.09. The normalized spacial score (nSPS) is 15.4. The van der Waals surface area contributed by atoms with Crippen LogP contribution in [0.2, 0.25) is 0 Å². The highest BCUT2D eigenvalue weighted by Gasteiger charge is 2.23. The fourth-order valence-electron chi connectivity index (χ4n) is 1.83. The Kier molecular flexibility index (Phi) is 5.26. The molecule has 3 N–H and O–H groups in total. The Bertz CT molecular complexity index is 604. The highest BCUT2D eigenvalue weighted by atomic mass is 32.2. The van der Waals surface area contributed by atoms with Crippen molar-refractivity contribution in [2.45, 2.75) is 24.3 Å². The Labute approximate surface area is 122 Å². The lowest BCUT2D eigenvalue weighted by atomic mass is 10.2. The summed E-state index contributed by atoms with van der Waals surface area (Å²) in [7, 11) is -4.05. The molecule has 0 saturated heterocycles. The largest absolute Gasteiger partial charge is 0.380 e. The third kappa shape index (κ3) is 4.19. The maximum atomic E-state index is 13.9. The van der Waals surface area contributed by atoms with Crippen molar-refractivity contribution < 1.29 is 21.9 Å². The van der Waals surface area contributed by atoms with E-state index in [1.807, 2.05) is 0 Å². The average molecular weight is 320 g/mol. The van der Waals surface area contributed by atoms with Crippen molar-refractivity contribution in [3.8, 4) is 0 Å². The number of ether oxygens (including phenoxy) is 1. The first-order valence-corrected chi connectivity index (χ1v) is 8.18. The minimum absolute atomic E-state index is 0.0316. The standard InChI is InChI=1S/C13H18F2N2O3S/c14-11-3-4-12(13(15)10(11)7-16)21(18,19)17-5-6-20-8-9-1-2-9/h3-4,9,17H,1-2,5-8,16H2. The second-order valence-corrected chi connectivity index (χ2v) is 6.69. The second kappa shape index (κ2) is 6.78. The summed E-state index contributed by atoms with van der Waals surface area (Å²) in [4.78, 5) is -0.605. The molecule has 1 aliphatic rings. The molecule has 5 nitrogen and oxygen atoms in total. The zero-order valence-electron chi connectivity index (χ0n) is 11.4. The van der Waals surface area contributed by atoms with Crippen molar-refractivity contribution in [3.05, 3.63) is 29.3 Å². The van der Waals surface area contributed by atoms with Crippen LogP contribution in [0.25, 0.3) is 0 Å². The van der Waals surface area contributed by atoms with Crippen molar-refractivity contribution in [2.75, 3.05) is 19.8 Å². The van der Waals surface area contributed by atoms with Crippen LogP contribution in [-0.4, -0.2) is 28.2 Å². The molecule has 0 atom stereocenters. The number of rotatable bonds is 8. The molecule has 0 aromatic heterocycles. The first-order chi connectivity index (χ1) is 9.95. The van der Waals surface area contributed by atoms with E-state index in [0.717, 1.165) is 25.0 Å². The molecular weight excluding hydrogens is 302 g/mol. The highest BCUT2D eigenvalue weighted by Crippen LogP contribution is 2.28. The van der Waals surface area contributed by atoms with Crippen LogP contribution in [0.5, 0.6) is 0 Å². The Balaban J connectivity index is 1.97. The maximum absolute atomic E-state index is 13.9. The molecule has 0 amide bonds. The van der Waals surface area contributed by atoms with Crippen LogP contribution in [0.1, 0.15) is 18.4 Å². The molecule has 0 radical (unpaired) electrons. The quantitative estimate of drug-likeness (QED) is 0.704. The highest BCUT2D eigenvalue weighted by molar-refractivity contribution is 7.89. The lowest BCUT2D eigenvalue weighted by molar-refractivity contribution is 0.129. The fraction of sp³-hybridized carbons (Fsp3) is 0.538.